The first-order chi connectivity index (χ1) is 12.3. The average Bonchev–Trinajstić information content (AvgIpc) is 3.15. The van der Waals surface area contributed by atoms with E-state index < -0.39 is 0 Å². The Morgan fingerprint density at radius 2 is 1.54 bits per heavy atom. The largest absolute Gasteiger partial charge is 1.00 e. The molecule has 148 valence electrons. The molecule has 0 radical (unpaired) electrons. The van der Waals surface area contributed by atoms with Crippen molar-refractivity contribution in [3.8, 4) is 0 Å². The molecule has 1 aromatic carbocycles. The highest BCUT2D eigenvalue weighted by Gasteiger charge is 2.23. The standard InChI is InChI=1S/C23H38N2.ClH/c1-3-4-5-6-7-8-9-10-11-12-17-23(25-19-18-24-20-25)22-16-14-13-15-21(22)2;/h13-16,20,23H,3-12,17-19H2,1-2H3;1H. The molecule has 1 aliphatic heterocycles. The number of nitrogens with zero attached hydrogens (tertiary/aromatic N) is 1. The van der Waals surface area contributed by atoms with E-state index in [-0.39, 0.29) is 12.4 Å². The highest BCUT2D eigenvalue weighted by atomic mass is 35.5. The quantitative estimate of drug-likeness (QED) is 0.412. The smallest absolute Gasteiger partial charge is 0.232 e. The lowest BCUT2D eigenvalue weighted by Gasteiger charge is -2.19. The molecule has 1 unspecified atom stereocenters. The highest BCUT2D eigenvalue weighted by Crippen LogP contribution is 2.27. The Bertz CT molecular complexity index is 513. The van der Waals surface area contributed by atoms with E-state index in [0.29, 0.717) is 6.04 Å². The van der Waals surface area contributed by atoms with E-state index in [2.05, 4.69) is 54.3 Å². The summed E-state index contributed by atoms with van der Waals surface area (Å²) in [7, 11) is 0. The van der Waals surface area contributed by atoms with E-state index in [0.717, 1.165) is 13.1 Å². The van der Waals surface area contributed by atoms with Crippen molar-refractivity contribution in [3.05, 3.63) is 35.4 Å². The van der Waals surface area contributed by atoms with Gasteiger partial charge in [-0.2, -0.15) is 0 Å². The molecular weight excluding hydrogens is 340 g/mol. The zero-order valence-electron chi connectivity index (χ0n) is 17.0. The van der Waals surface area contributed by atoms with Gasteiger partial charge in [-0.15, -0.1) is 0 Å². The third kappa shape index (κ3) is 8.12. The van der Waals surface area contributed by atoms with Crippen molar-refractivity contribution in [2.24, 2.45) is 0 Å². The van der Waals surface area contributed by atoms with Gasteiger partial charge in [0, 0.05) is 0 Å². The number of hydrogen-bond acceptors (Lipinski definition) is 1. The molecule has 0 fully saturated rings. The Morgan fingerprint density at radius 3 is 2.12 bits per heavy atom. The molecule has 0 bridgehead atoms. The van der Waals surface area contributed by atoms with Gasteiger partial charge in [0.15, 0.2) is 0 Å². The van der Waals surface area contributed by atoms with E-state index >= 15 is 0 Å². The van der Waals surface area contributed by atoms with E-state index in [9.17, 15) is 0 Å². The van der Waals surface area contributed by atoms with Gasteiger partial charge in [-0.3, -0.25) is 9.89 Å². The summed E-state index contributed by atoms with van der Waals surface area (Å²) in [6, 6.07) is 9.47. The van der Waals surface area contributed by atoms with E-state index in [4.69, 9.17) is 0 Å². The van der Waals surface area contributed by atoms with Gasteiger partial charge < -0.3 is 12.4 Å². The molecule has 1 aromatic rings. The van der Waals surface area contributed by atoms with Crippen LogP contribution in [-0.4, -0.2) is 24.0 Å². The molecule has 3 heteroatoms. The van der Waals surface area contributed by atoms with E-state index in [1.807, 2.05) is 0 Å². The Hall–Kier alpha value is -1.02. The van der Waals surface area contributed by atoms with Crippen molar-refractivity contribution < 1.29 is 17.0 Å². The Balaban J connectivity index is 0.00000338. The summed E-state index contributed by atoms with van der Waals surface area (Å²) in [5, 5.41) is 3.38. The van der Waals surface area contributed by atoms with Gasteiger partial charge >= 0.3 is 0 Å². The summed E-state index contributed by atoms with van der Waals surface area (Å²) < 4.78 is 2.51. The van der Waals surface area contributed by atoms with Crippen molar-refractivity contribution >= 4 is 6.34 Å². The monoisotopic (exact) mass is 378 g/mol. The van der Waals surface area contributed by atoms with Gasteiger partial charge in [0.2, 0.25) is 6.34 Å². The fourth-order valence-corrected chi connectivity index (χ4v) is 3.97. The minimum atomic E-state index is 0. The lowest BCUT2D eigenvalue weighted by Crippen LogP contribution is -3.00. The van der Waals surface area contributed by atoms with Gasteiger partial charge in [-0.25, -0.2) is 0 Å². The summed E-state index contributed by atoms with van der Waals surface area (Å²) >= 11 is 0. The predicted molar refractivity (Wildman–Crippen MR) is 110 cm³/mol. The first kappa shape index (κ1) is 23.0. The van der Waals surface area contributed by atoms with Gasteiger partial charge in [-0.1, -0.05) is 89.0 Å². The summed E-state index contributed by atoms with van der Waals surface area (Å²) in [4.78, 5) is 0. The van der Waals surface area contributed by atoms with Crippen LogP contribution in [0.4, 0.5) is 0 Å². The molecule has 0 saturated heterocycles. The van der Waals surface area contributed by atoms with Gasteiger partial charge in [0.25, 0.3) is 0 Å². The van der Waals surface area contributed by atoms with Crippen LogP contribution in [0.1, 0.15) is 94.7 Å². The summed E-state index contributed by atoms with van der Waals surface area (Å²) in [6.45, 7) is 6.77. The number of hydrogen-bond donors (Lipinski definition) is 1. The van der Waals surface area contributed by atoms with Crippen molar-refractivity contribution in [2.45, 2.75) is 90.5 Å². The van der Waals surface area contributed by atoms with Crippen LogP contribution < -0.4 is 17.7 Å². The molecule has 0 aromatic heterocycles. The van der Waals surface area contributed by atoms with Crippen LogP contribution in [0, 0.1) is 6.92 Å². The van der Waals surface area contributed by atoms with Crippen LogP contribution in [0.3, 0.4) is 0 Å². The summed E-state index contributed by atoms with van der Waals surface area (Å²) in [5.41, 5.74) is 2.94. The zero-order chi connectivity index (χ0) is 17.7. The minimum Gasteiger partial charge on any atom is -1.00 e. The lowest BCUT2D eigenvalue weighted by molar-refractivity contribution is -0.561. The fourth-order valence-electron chi connectivity index (χ4n) is 3.97. The molecule has 1 atom stereocenters. The maximum absolute atomic E-state index is 3.38. The molecule has 1 heterocycles. The molecule has 0 aliphatic carbocycles. The predicted octanol–water partition coefficient (Wildman–Crippen LogP) is 3.00. The first-order valence-electron chi connectivity index (χ1n) is 10.7. The number of unbranched alkanes of at least 4 members (excludes halogenated alkanes) is 9. The van der Waals surface area contributed by atoms with Gasteiger partial charge in [-0.05, 0) is 30.9 Å². The molecule has 0 spiro atoms. The fraction of sp³-hybridized carbons (Fsp3) is 0.696. The van der Waals surface area contributed by atoms with Crippen molar-refractivity contribution in [3.63, 3.8) is 0 Å². The second kappa shape index (κ2) is 14.1. The molecule has 1 N–H and O–H groups in total. The van der Waals surface area contributed by atoms with Crippen LogP contribution in [0.15, 0.2) is 24.3 Å². The maximum Gasteiger partial charge on any atom is 0.232 e. The van der Waals surface area contributed by atoms with Crippen LogP contribution in [0.2, 0.25) is 0 Å². The SMILES string of the molecule is CCCCCCCCCCCCC(c1ccccc1C)[N+]1=CNCC1.[Cl-]. The highest BCUT2D eigenvalue weighted by molar-refractivity contribution is 5.49. The number of benzene rings is 1. The zero-order valence-corrected chi connectivity index (χ0v) is 17.7. The molecule has 26 heavy (non-hydrogen) atoms. The van der Waals surface area contributed by atoms with E-state index in [1.165, 1.54) is 81.8 Å². The van der Waals surface area contributed by atoms with Crippen molar-refractivity contribution in [1.29, 1.82) is 0 Å². The molecule has 0 amide bonds. The third-order valence-electron chi connectivity index (χ3n) is 5.55. The molecule has 2 rings (SSSR count). The maximum atomic E-state index is 3.38. The molecule has 1 aliphatic rings. The minimum absolute atomic E-state index is 0. The Labute approximate surface area is 167 Å². The number of rotatable bonds is 13. The molecule has 0 saturated carbocycles. The number of aryl methyl sites for hydroxylation is 1. The van der Waals surface area contributed by atoms with Crippen LogP contribution in [-0.2, 0) is 0 Å². The normalized spacial score (nSPS) is 14.5. The molecule has 2 nitrogen and oxygen atoms in total. The topological polar surface area (TPSA) is 15.0 Å². The number of nitrogens with one attached hydrogen (secondary N) is 1. The lowest BCUT2D eigenvalue weighted by atomic mass is 9.95. The average molecular weight is 379 g/mol. The van der Waals surface area contributed by atoms with Crippen molar-refractivity contribution in [2.75, 3.05) is 13.1 Å². The van der Waals surface area contributed by atoms with Crippen LogP contribution in [0.5, 0.6) is 0 Å². The van der Waals surface area contributed by atoms with Crippen molar-refractivity contribution in [1.82, 2.24) is 5.32 Å². The van der Waals surface area contributed by atoms with Crippen LogP contribution >= 0.6 is 0 Å². The summed E-state index contributed by atoms with van der Waals surface area (Å²) in [5.74, 6) is 0. The third-order valence-corrected chi connectivity index (χ3v) is 5.55. The second-order valence-corrected chi connectivity index (χ2v) is 7.66. The Kier molecular flexibility index (Phi) is 12.5. The van der Waals surface area contributed by atoms with Crippen LogP contribution in [0.25, 0.3) is 0 Å². The summed E-state index contributed by atoms with van der Waals surface area (Å²) in [6.07, 6.45) is 17.6. The van der Waals surface area contributed by atoms with Gasteiger partial charge in [0.05, 0.1) is 0 Å². The first-order valence-corrected chi connectivity index (χ1v) is 10.7. The Morgan fingerprint density at radius 1 is 0.923 bits per heavy atom. The van der Waals surface area contributed by atoms with Gasteiger partial charge in [0.1, 0.15) is 19.1 Å². The molecular formula is C23H39ClN2. The number of halogens is 1. The van der Waals surface area contributed by atoms with E-state index in [1.54, 1.807) is 0 Å². The second-order valence-electron chi connectivity index (χ2n) is 7.66.